The van der Waals surface area contributed by atoms with Crippen LogP contribution in [-0.2, 0) is 0 Å². The van der Waals surface area contributed by atoms with Crippen molar-refractivity contribution < 1.29 is 0 Å². The molecule has 1 heterocycles. The van der Waals surface area contributed by atoms with Gasteiger partial charge in [-0.25, -0.2) is 4.98 Å². The van der Waals surface area contributed by atoms with Crippen molar-refractivity contribution in [1.29, 1.82) is 0 Å². The zero-order chi connectivity index (χ0) is 10.8. The average Bonchev–Trinajstić information content (AvgIpc) is 2.63. The Morgan fingerprint density at radius 1 is 1.47 bits per heavy atom. The van der Waals surface area contributed by atoms with Gasteiger partial charge in [-0.15, -0.1) is 11.3 Å². The van der Waals surface area contributed by atoms with Crippen LogP contribution in [0.15, 0.2) is 17.6 Å². The Balaban J connectivity index is 2.38. The van der Waals surface area contributed by atoms with E-state index in [0.29, 0.717) is 5.92 Å². The molecule has 0 saturated carbocycles. The molecule has 0 fully saturated rings. The zero-order valence-corrected chi connectivity index (χ0v) is 10.3. The molecule has 0 unspecified atom stereocenters. The Morgan fingerprint density at radius 2 is 2.27 bits per heavy atom. The summed E-state index contributed by atoms with van der Waals surface area (Å²) in [5.74, 6) is 0.593. The monoisotopic (exact) mass is 240 g/mol. The number of anilines is 1. The second-order valence-corrected chi connectivity index (χ2v) is 5.19. The molecule has 0 radical (unpaired) electrons. The molecule has 0 bridgehead atoms. The predicted molar refractivity (Wildman–Crippen MR) is 68.0 cm³/mol. The summed E-state index contributed by atoms with van der Waals surface area (Å²) in [6.07, 6.45) is 0. The van der Waals surface area contributed by atoms with Gasteiger partial charge in [0.2, 0.25) is 0 Å². The SMILES string of the molecule is CC(C)CNc1c(Cl)ccc2scnc12. The lowest BCUT2D eigenvalue weighted by Gasteiger charge is -2.10. The molecule has 15 heavy (non-hydrogen) atoms. The van der Waals surface area contributed by atoms with E-state index in [4.69, 9.17) is 11.6 Å². The summed E-state index contributed by atoms with van der Waals surface area (Å²) in [7, 11) is 0. The van der Waals surface area contributed by atoms with Gasteiger partial charge in [-0.3, -0.25) is 0 Å². The highest BCUT2D eigenvalue weighted by molar-refractivity contribution is 7.16. The minimum Gasteiger partial charge on any atom is -0.382 e. The van der Waals surface area contributed by atoms with Gasteiger partial charge in [0.15, 0.2) is 0 Å². The van der Waals surface area contributed by atoms with Crippen LogP contribution in [0.5, 0.6) is 0 Å². The van der Waals surface area contributed by atoms with Gasteiger partial charge in [-0.2, -0.15) is 0 Å². The van der Waals surface area contributed by atoms with Crippen LogP contribution in [0.3, 0.4) is 0 Å². The molecular weight excluding hydrogens is 228 g/mol. The maximum atomic E-state index is 6.15. The lowest BCUT2D eigenvalue weighted by atomic mass is 10.2. The van der Waals surface area contributed by atoms with Crippen molar-refractivity contribution in [2.45, 2.75) is 13.8 Å². The first-order chi connectivity index (χ1) is 7.18. The number of nitrogens with one attached hydrogen (secondary N) is 1. The van der Waals surface area contributed by atoms with Crippen LogP contribution in [0.1, 0.15) is 13.8 Å². The Bertz CT molecular complexity index is 465. The molecule has 0 aliphatic carbocycles. The fourth-order valence-corrected chi connectivity index (χ4v) is 2.28. The van der Waals surface area contributed by atoms with E-state index in [-0.39, 0.29) is 0 Å². The van der Waals surface area contributed by atoms with Gasteiger partial charge >= 0.3 is 0 Å². The number of hydrogen-bond acceptors (Lipinski definition) is 3. The summed E-state index contributed by atoms with van der Waals surface area (Å²) in [5, 5.41) is 4.10. The number of nitrogens with zero attached hydrogens (tertiary/aromatic N) is 1. The highest BCUT2D eigenvalue weighted by atomic mass is 35.5. The number of aromatic nitrogens is 1. The maximum absolute atomic E-state index is 6.15. The Morgan fingerprint density at radius 3 is 3.00 bits per heavy atom. The molecular formula is C11H13ClN2S. The first-order valence-corrected chi connectivity index (χ1v) is 6.20. The van der Waals surface area contributed by atoms with E-state index in [1.165, 1.54) is 4.70 Å². The molecule has 1 aromatic heterocycles. The summed E-state index contributed by atoms with van der Waals surface area (Å²) >= 11 is 7.78. The van der Waals surface area contributed by atoms with E-state index >= 15 is 0 Å². The minimum absolute atomic E-state index is 0.593. The summed E-state index contributed by atoms with van der Waals surface area (Å²) in [5.41, 5.74) is 3.79. The van der Waals surface area contributed by atoms with Crippen LogP contribution in [0.2, 0.25) is 5.02 Å². The van der Waals surface area contributed by atoms with Gasteiger partial charge in [0.05, 0.1) is 20.9 Å². The third kappa shape index (κ3) is 2.24. The van der Waals surface area contributed by atoms with Crippen molar-refractivity contribution in [3.63, 3.8) is 0 Å². The normalized spacial score (nSPS) is 11.2. The highest BCUT2D eigenvalue weighted by Crippen LogP contribution is 2.32. The highest BCUT2D eigenvalue weighted by Gasteiger charge is 2.08. The Hall–Kier alpha value is -0.800. The van der Waals surface area contributed by atoms with Crippen molar-refractivity contribution in [3.05, 3.63) is 22.7 Å². The van der Waals surface area contributed by atoms with Crippen LogP contribution in [0, 0.1) is 5.92 Å². The molecule has 2 nitrogen and oxygen atoms in total. The molecule has 2 aromatic rings. The molecule has 0 amide bonds. The molecule has 1 N–H and O–H groups in total. The Kier molecular flexibility index (Phi) is 3.12. The second-order valence-electron chi connectivity index (χ2n) is 3.90. The first kappa shape index (κ1) is 10.7. The molecule has 1 aromatic carbocycles. The van der Waals surface area contributed by atoms with Crippen LogP contribution in [-0.4, -0.2) is 11.5 Å². The van der Waals surface area contributed by atoms with Crippen LogP contribution in [0.25, 0.3) is 10.2 Å². The van der Waals surface area contributed by atoms with Crippen molar-refractivity contribution in [2.75, 3.05) is 11.9 Å². The number of benzene rings is 1. The van der Waals surface area contributed by atoms with Gasteiger partial charge in [0.1, 0.15) is 5.52 Å². The molecule has 0 atom stereocenters. The Labute approximate surface area is 98.3 Å². The lowest BCUT2D eigenvalue weighted by Crippen LogP contribution is -2.08. The van der Waals surface area contributed by atoms with Crippen molar-refractivity contribution in [1.82, 2.24) is 4.98 Å². The number of halogens is 1. The molecule has 0 spiro atoms. The standard InChI is InChI=1S/C11H13ClN2S/c1-7(2)5-13-10-8(12)3-4-9-11(10)14-6-15-9/h3-4,6-7,13H,5H2,1-2H3. The van der Waals surface area contributed by atoms with E-state index in [1.807, 2.05) is 17.6 Å². The fourth-order valence-electron chi connectivity index (χ4n) is 1.38. The third-order valence-electron chi connectivity index (χ3n) is 2.14. The second kappa shape index (κ2) is 4.37. The van der Waals surface area contributed by atoms with Gasteiger partial charge < -0.3 is 5.32 Å². The van der Waals surface area contributed by atoms with E-state index in [9.17, 15) is 0 Å². The summed E-state index contributed by atoms with van der Waals surface area (Å²) in [6.45, 7) is 5.25. The average molecular weight is 241 g/mol. The molecule has 80 valence electrons. The molecule has 4 heteroatoms. The maximum Gasteiger partial charge on any atom is 0.106 e. The van der Waals surface area contributed by atoms with Gasteiger partial charge in [-0.1, -0.05) is 25.4 Å². The molecule has 0 saturated heterocycles. The number of thiazole rings is 1. The van der Waals surface area contributed by atoms with E-state index < -0.39 is 0 Å². The molecule has 2 rings (SSSR count). The number of rotatable bonds is 3. The van der Waals surface area contributed by atoms with Crippen LogP contribution < -0.4 is 5.32 Å². The topological polar surface area (TPSA) is 24.9 Å². The van der Waals surface area contributed by atoms with Gasteiger partial charge in [-0.05, 0) is 18.1 Å². The molecule has 0 aliphatic rings. The van der Waals surface area contributed by atoms with Crippen molar-refractivity contribution in [2.24, 2.45) is 5.92 Å². The van der Waals surface area contributed by atoms with Crippen LogP contribution >= 0.6 is 22.9 Å². The van der Waals surface area contributed by atoms with E-state index in [2.05, 4.69) is 24.1 Å². The van der Waals surface area contributed by atoms with Gasteiger partial charge in [0, 0.05) is 6.54 Å². The summed E-state index contributed by atoms with van der Waals surface area (Å²) < 4.78 is 1.17. The number of fused-ring (bicyclic) bond motifs is 1. The quantitative estimate of drug-likeness (QED) is 0.877. The number of hydrogen-bond donors (Lipinski definition) is 1. The smallest absolute Gasteiger partial charge is 0.106 e. The zero-order valence-electron chi connectivity index (χ0n) is 8.75. The van der Waals surface area contributed by atoms with Crippen molar-refractivity contribution in [3.8, 4) is 0 Å². The lowest BCUT2D eigenvalue weighted by molar-refractivity contribution is 0.689. The fraction of sp³-hybridized carbons (Fsp3) is 0.364. The summed E-state index contributed by atoms with van der Waals surface area (Å²) in [6, 6.07) is 3.93. The minimum atomic E-state index is 0.593. The first-order valence-electron chi connectivity index (χ1n) is 4.94. The van der Waals surface area contributed by atoms with E-state index in [1.54, 1.807) is 11.3 Å². The third-order valence-corrected chi connectivity index (χ3v) is 3.25. The van der Waals surface area contributed by atoms with Crippen molar-refractivity contribution >= 4 is 38.8 Å². The summed E-state index contributed by atoms with van der Waals surface area (Å²) in [4.78, 5) is 4.33. The molecule has 0 aliphatic heterocycles. The van der Waals surface area contributed by atoms with E-state index in [0.717, 1.165) is 22.8 Å². The van der Waals surface area contributed by atoms with Gasteiger partial charge in [0.25, 0.3) is 0 Å². The van der Waals surface area contributed by atoms with Crippen LogP contribution in [0.4, 0.5) is 5.69 Å². The predicted octanol–water partition coefficient (Wildman–Crippen LogP) is 4.02. The largest absolute Gasteiger partial charge is 0.382 e.